The van der Waals surface area contributed by atoms with Gasteiger partial charge in [-0.25, -0.2) is 9.79 Å². The van der Waals surface area contributed by atoms with Crippen LogP contribution in [0, 0.1) is 0 Å². The summed E-state index contributed by atoms with van der Waals surface area (Å²) >= 11 is 0. The van der Waals surface area contributed by atoms with Crippen LogP contribution in [-0.2, 0) is 25.5 Å². The molecule has 13 heteroatoms. The molecule has 3 aliphatic heterocycles. The van der Waals surface area contributed by atoms with E-state index in [1.165, 1.54) is 12.1 Å². The first kappa shape index (κ1) is 22.4. The number of ether oxygens (including phenoxy) is 1. The summed E-state index contributed by atoms with van der Waals surface area (Å²) in [6.07, 6.45) is -1.29. The van der Waals surface area contributed by atoms with Gasteiger partial charge < -0.3 is 31.1 Å². The van der Waals surface area contributed by atoms with Gasteiger partial charge in [0.2, 0.25) is 11.6 Å². The Hall–Kier alpha value is -3.84. The molecule has 7 N–H and O–H groups in total. The molecule has 33 heavy (non-hydrogen) atoms. The number of nitrogens with zero attached hydrogens (tertiary/aromatic N) is 2. The predicted molar refractivity (Wildman–Crippen MR) is 110 cm³/mol. The molecule has 174 valence electrons. The number of nitrogens with two attached hydrogens (primary N) is 1. The second-order valence-electron chi connectivity index (χ2n) is 7.94. The van der Waals surface area contributed by atoms with Gasteiger partial charge in [-0.3, -0.25) is 19.7 Å². The number of carbonyl (C=O) groups is 4. The topological polar surface area (TPSA) is 216 Å². The van der Waals surface area contributed by atoms with E-state index in [2.05, 4.69) is 20.6 Å². The number of aliphatic imine (C=N–C) groups is 2. The summed E-state index contributed by atoms with van der Waals surface area (Å²) in [5.74, 6) is -3.75. The fourth-order valence-electron chi connectivity index (χ4n) is 4.10. The number of carbonyl (C=O) groups excluding carboxylic acids is 2. The van der Waals surface area contributed by atoms with Crippen molar-refractivity contribution in [3.8, 4) is 0 Å². The number of epoxide rings is 1. The summed E-state index contributed by atoms with van der Waals surface area (Å²) in [6, 6.07) is 4.95. The molecule has 3 unspecified atom stereocenters. The first-order valence-corrected chi connectivity index (χ1v) is 10.1. The maximum atomic E-state index is 12.4. The molecule has 1 fully saturated rings. The van der Waals surface area contributed by atoms with E-state index in [-0.39, 0.29) is 30.2 Å². The highest BCUT2D eigenvalue weighted by atomic mass is 16.7. The first-order chi connectivity index (χ1) is 15.6. The van der Waals surface area contributed by atoms with Crippen molar-refractivity contribution in [2.24, 2.45) is 15.7 Å². The van der Waals surface area contributed by atoms with Gasteiger partial charge in [-0.1, -0.05) is 12.1 Å². The van der Waals surface area contributed by atoms with Crippen LogP contribution in [0.1, 0.15) is 35.2 Å². The normalized spacial score (nSPS) is 27.9. The van der Waals surface area contributed by atoms with Crippen LogP contribution in [0.25, 0.3) is 0 Å². The Bertz CT molecular complexity index is 1100. The van der Waals surface area contributed by atoms with Crippen LogP contribution in [0.4, 0.5) is 0 Å². The highest BCUT2D eigenvalue weighted by molar-refractivity contribution is 6.26. The minimum Gasteiger partial charge on any atom is -0.481 e. The summed E-state index contributed by atoms with van der Waals surface area (Å²) in [4.78, 5) is 54.7. The van der Waals surface area contributed by atoms with Gasteiger partial charge in [0.15, 0.2) is 17.7 Å². The van der Waals surface area contributed by atoms with Crippen LogP contribution in [0.2, 0.25) is 0 Å². The number of nitrogens with one attached hydrogen (secondary N) is 2. The standard InChI is InChI=1S/C20H21N5O8/c21-18-24-15-20(17(32)25-18)19(33-20,16(31)23-15)8-7-9-1-3-10(4-2-9)13(28)22-11(14(29)30)5-6-12(26)27/h1-4,11,16,31H,5-8H2,(H,22,28)(H,26,27)(H,29,30)(H3,21,23,24,25,32)/t11-,16?,19?,20?/m1/s1. The van der Waals surface area contributed by atoms with Crippen LogP contribution >= 0.6 is 0 Å². The molecule has 4 atom stereocenters. The molecule has 1 aromatic rings. The van der Waals surface area contributed by atoms with Crippen LogP contribution in [0.5, 0.6) is 0 Å². The number of carboxylic acid groups (broad SMARTS) is 2. The van der Waals surface area contributed by atoms with Gasteiger partial charge in [0.1, 0.15) is 6.04 Å². The molecule has 1 aromatic carbocycles. The van der Waals surface area contributed by atoms with Crippen LogP contribution in [0.15, 0.2) is 34.3 Å². The van der Waals surface area contributed by atoms with Crippen molar-refractivity contribution in [2.75, 3.05) is 0 Å². The molecular formula is C20H21N5O8. The minimum absolute atomic E-state index is 0.0409. The van der Waals surface area contributed by atoms with Crippen molar-refractivity contribution in [3.63, 3.8) is 0 Å². The van der Waals surface area contributed by atoms with E-state index in [1.54, 1.807) is 12.1 Å². The van der Waals surface area contributed by atoms with Gasteiger partial charge in [-0.05, 0) is 37.0 Å². The van der Waals surface area contributed by atoms with E-state index >= 15 is 0 Å². The predicted octanol–water partition coefficient (Wildman–Crippen LogP) is -1.65. The Morgan fingerprint density at radius 3 is 2.58 bits per heavy atom. The van der Waals surface area contributed by atoms with Crippen LogP contribution in [-0.4, -0.2) is 74.3 Å². The SMILES string of the molecule is NC1=NC2=NC(O)C3(CCc4ccc(C(=O)N[C@H](CCC(=O)O)C(=O)O)cc4)OC23C(=O)N1. The third kappa shape index (κ3) is 3.70. The lowest BCUT2D eigenvalue weighted by molar-refractivity contribution is -0.140. The molecule has 0 aliphatic carbocycles. The first-order valence-electron chi connectivity index (χ1n) is 10.1. The number of amides is 2. The van der Waals surface area contributed by atoms with Crippen molar-refractivity contribution in [3.05, 3.63) is 35.4 Å². The largest absolute Gasteiger partial charge is 0.481 e. The smallest absolute Gasteiger partial charge is 0.326 e. The van der Waals surface area contributed by atoms with E-state index in [1.807, 2.05) is 0 Å². The molecule has 2 amide bonds. The van der Waals surface area contributed by atoms with Crippen LogP contribution < -0.4 is 16.4 Å². The third-order valence-electron chi connectivity index (χ3n) is 5.91. The van der Waals surface area contributed by atoms with Gasteiger partial charge in [-0.15, -0.1) is 0 Å². The second kappa shape index (κ2) is 7.94. The monoisotopic (exact) mass is 459 g/mol. The van der Waals surface area contributed by atoms with Crippen molar-refractivity contribution >= 4 is 35.5 Å². The zero-order chi connectivity index (χ0) is 24.0. The lowest BCUT2D eigenvalue weighted by atomic mass is 9.86. The maximum absolute atomic E-state index is 12.4. The molecule has 3 heterocycles. The van der Waals surface area contributed by atoms with E-state index in [4.69, 9.17) is 15.6 Å². The van der Waals surface area contributed by atoms with E-state index < -0.39 is 53.6 Å². The number of rotatable bonds is 9. The Balaban J connectivity index is 1.38. The summed E-state index contributed by atoms with van der Waals surface area (Å²) in [5, 5.41) is 33.0. The van der Waals surface area contributed by atoms with Crippen molar-refractivity contribution < 1.29 is 39.2 Å². The van der Waals surface area contributed by atoms with Crippen LogP contribution in [0.3, 0.4) is 0 Å². The molecule has 4 rings (SSSR count). The Morgan fingerprint density at radius 1 is 1.24 bits per heavy atom. The maximum Gasteiger partial charge on any atom is 0.326 e. The molecule has 0 radical (unpaired) electrons. The highest BCUT2D eigenvalue weighted by Crippen LogP contribution is 2.59. The Kier molecular flexibility index (Phi) is 5.38. The lowest BCUT2D eigenvalue weighted by Crippen LogP contribution is -2.55. The number of carboxylic acids is 2. The summed E-state index contributed by atoms with van der Waals surface area (Å²) in [6.45, 7) is 0. The molecule has 0 aromatic heterocycles. The minimum atomic E-state index is -1.46. The van der Waals surface area contributed by atoms with Gasteiger partial charge >= 0.3 is 11.9 Å². The van der Waals surface area contributed by atoms with Crippen molar-refractivity contribution in [1.82, 2.24) is 10.6 Å². The fourth-order valence-corrected chi connectivity index (χ4v) is 4.10. The number of amidine groups is 1. The molecule has 1 saturated heterocycles. The quantitative estimate of drug-likeness (QED) is 0.233. The summed E-state index contributed by atoms with van der Waals surface area (Å²) < 4.78 is 5.68. The van der Waals surface area contributed by atoms with Gasteiger partial charge in [0.25, 0.3) is 11.8 Å². The van der Waals surface area contributed by atoms with E-state index in [9.17, 15) is 29.4 Å². The second-order valence-corrected chi connectivity index (χ2v) is 7.94. The number of aryl methyl sites for hydroxylation is 1. The van der Waals surface area contributed by atoms with Gasteiger partial charge in [0, 0.05) is 12.0 Å². The Morgan fingerprint density at radius 2 is 1.94 bits per heavy atom. The number of aliphatic hydroxyl groups is 1. The number of hydrogen-bond acceptors (Lipinski definition) is 9. The third-order valence-corrected chi connectivity index (χ3v) is 5.91. The lowest BCUT2D eigenvalue weighted by Gasteiger charge is -2.17. The van der Waals surface area contributed by atoms with Crippen molar-refractivity contribution in [1.29, 1.82) is 0 Å². The molecule has 0 saturated carbocycles. The molecule has 3 aliphatic rings. The molecule has 13 nitrogen and oxygen atoms in total. The zero-order valence-corrected chi connectivity index (χ0v) is 17.1. The summed E-state index contributed by atoms with van der Waals surface area (Å²) in [7, 11) is 0. The van der Waals surface area contributed by atoms with Gasteiger partial charge in [0.05, 0.1) is 0 Å². The number of guanidine groups is 1. The fraction of sp³-hybridized carbons (Fsp3) is 0.400. The number of aliphatic hydroxyl groups excluding tert-OH is 1. The number of benzene rings is 1. The van der Waals surface area contributed by atoms with Gasteiger partial charge in [-0.2, -0.15) is 4.99 Å². The average molecular weight is 459 g/mol. The highest BCUT2D eigenvalue weighted by Gasteiger charge is 2.84. The van der Waals surface area contributed by atoms with Crippen molar-refractivity contribution in [2.45, 2.75) is 49.2 Å². The van der Waals surface area contributed by atoms with E-state index in [0.717, 1.165) is 5.56 Å². The molecular weight excluding hydrogens is 438 g/mol. The Labute approximate surface area is 186 Å². The molecule has 1 spiro atoms. The zero-order valence-electron chi connectivity index (χ0n) is 17.1. The number of hydrogen-bond donors (Lipinski definition) is 6. The average Bonchev–Trinajstić information content (AvgIpc) is 3.38. The number of aliphatic carboxylic acids is 2. The summed E-state index contributed by atoms with van der Waals surface area (Å²) in [5.41, 5.74) is 3.80. The molecule has 0 bridgehead atoms. The van der Waals surface area contributed by atoms with E-state index in [0.29, 0.717) is 6.42 Å².